The molecule has 0 saturated carbocycles. The predicted molar refractivity (Wildman–Crippen MR) is 63.9 cm³/mol. The van der Waals surface area contributed by atoms with Gasteiger partial charge in [-0.3, -0.25) is 9.48 Å². The zero-order valence-corrected chi connectivity index (χ0v) is 11.0. The second-order valence-electron chi connectivity index (χ2n) is 4.06. The van der Waals surface area contributed by atoms with E-state index in [-0.39, 0.29) is 11.9 Å². The van der Waals surface area contributed by atoms with E-state index in [1.165, 1.54) is 0 Å². The number of rotatable bonds is 3. The van der Waals surface area contributed by atoms with Gasteiger partial charge in [0.15, 0.2) is 0 Å². The van der Waals surface area contributed by atoms with Crippen molar-refractivity contribution in [2.45, 2.75) is 25.9 Å². The highest BCUT2D eigenvalue weighted by atomic mass is 79.9. The molecule has 1 aliphatic rings. The minimum atomic E-state index is 0.123. The van der Waals surface area contributed by atoms with E-state index in [1.807, 2.05) is 18.7 Å². The first-order valence-corrected chi connectivity index (χ1v) is 6.05. The predicted octanol–water partition coefficient (Wildman–Crippen LogP) is 0.469. The number of aromatic nitrogens is 2. The van der Waals surface area contributed by atoms with Gasteiger partial charge in [0.05, 0.1) is 15.9 Å². The SMILES string of the molecule is Cc1nn(C)c(CNC2CNC(=O)C2)c1Br. The average Bonchev–Trinajstić information content (AvgIpc) is 2.72. The highest BCUT2D eigenvalue weighted by Crippen LogP contribution is 2.20. The second kappa shape index (κ2) is 4.55. The Balaban J connectivity index is 1.97. The van der Waals surface area contributed by atoms with Gasteiger partial charge in [0.1, 0.15) is 0 Å². The topological polar surface area (TPSA) is 59.0 Å². The van der Waals surface area contributed by atoms with Gasteiger partial charge in [-0.15, -0.1) is 0 Å². The van der Waals surface area contributed by atoms with Crippen LogP contribution in [0.15, 0.2) is 4.47 Å². The van der Waals surface area contributed by atoms with E-state index >= 15 is 0 Å². The maximum atomic E-state index is 11.0. The summed E-state index contributed by atoms with van der Waals surface area (Å²) in [7, 11) is 1.92. The highest BCUT2D eigenvalue weighted by molar-refractivity contribution is 9.10. The lowest BCUT2D eigenvalue weighted by Gasteiger charge is -2.10. The van der Waals surface area contributed by atoms with Crippen LogP contribution in [0.3, 0.4) is 0 Å². The third-order valence-corrected chi connectivity index (χ3v) is 3.83. The maximum Gasteiger partial charge on any atom is 0.221 e. The van der Waals surface area contributed by atoms with Crippen molar-refractivity contribution in [1.82, 2.24) is 20.4 Å². The monoisotopic (exact) mass is 286 g/mol. The lowest BCUT2D eigenvalue weighted by molar-refractivity contribution is -0.119. The third kappa shape index (κ3) is 2.27. The smallest absolute Gasteiger partial charge is 0.221 e. The molecule has 0 bridgehead atoms. The van der Waals surface area contributed by atoms with Gasteiger partial charge in [0, 0.05) is 32.6 Å². The van der Waals surface area contributed by atoms with Crippen molar-refractivity contribution < 1.29 is 4.79 Å². The first-order chi connectivity index (χ1) is 7.58. The number of amides is 1. The van der Waals surface area contributed by atoms with Gasteiger partial charge in [0.25, 0.3) is 0 Å². The van der Waals surface area contributed by atoms with Crippen LogP contribution < -0.4 is 10.6 Å². The Morgan fingerprint density at radius 2 is 2.44 bits per heavy atom. The van der Waals surface area contributed by atoms with Gasteiger partial charge in [-0.1, -0.05) is 0 Å². The van der Waals surface area contributed by atoms with Crippen molar-refractivity contribution in [2.24, 2.45) is 7.05 Å². The number of carbonyl (C=O) groups is 1. The summed E-state index contributed by atoms with van der Waals surface area (Å²) in [4.78, 5) is 11.0. The fraction of sp³-hybridized carbons (Fsp3) is 0.600. The Kier molecular flexibility index (Phi) is 3.30. The first kappa shape index (κ1) is 11.6. The molecule has 1 aromatic heterocycles. The summed E-state index contributed by atoms with van der Waals surface area (Å²) in [5.74, 6) is 0.123. The molecule has 1 unspecified atom stereocenters. The van der Waals surface area contributed by atoms with Crippen LogP contribution in [0.2, 0.25) is 0 Å². The van der Waals surface area contributed by atoms with Crippen LogP contribution in [-0.4, -0.2) is 28.3 Å². The van der Waals surface area contributed by atoms with E-state index in [1.54, 1.807) is 0 Å². The normalized spacial score (nSPS) is 20.2. The number of hydrogen-bond acceptors (Lipinski definition) is 3. The molecule has 88 valence electrons. The fourth-order valence-corrected chi connectivity index (χ4v) is 2.34. The molecule has 6 heteroatoms. The van der Waals surface area contributed by atoms with Crippen molar-refractivity contribution in [1.29, 1.82) is 0 Å². The Morgan fingerprint density at radius 3 is 2.94 bits per heavy atom. The second-order valence-corrected chi connectivity index (χ2v) is 4.85. The summed E-state index contributed by atoms with van der Waals surface area (Å²) in [6, 6.07) is 0.231. The van der Waals surface area contributed by atoms with Gasteiger partial charge in [-0.05, 0) is 22.9 Å². The van der Waals surface area contributed by atoms with Crippen LogP contribution >= 0.6 is 15.9 Å². The molecule has 1 amide bonds. The van der Waals surface area contributed by atoms with E-state index in [0.717, 1.165) is 22.4 Å². The molecule has 1 atom stereocenters. The van der Waals surface area contributed by atoms with Gasteiger partial charge in [0.2, 0.25) is 5.91 Å². The molecule has 1 aromatic rings. The summed E-state index contributed by atoms with van der Waals surface area (Å²) in [5, 5.41) is 10.5. The van der Waals surface area contributed by atoms with Crippen molar-refractivity contribution >= 4 is 21.8 Å². The van der Waals surface area contributed by atoms with Gasteiger partial charge in [-0.2, -0.15) is 5.10 Å². The molecule has 0 spiro atoms. The van der Waals surface area contributed by atoms with Crippen molar-refractivity contribution in [3.8, 4) is 0 Å². The molecule has 0 aromatic carbocycles. The van der Waals surface area contributed by atoms with Crippen LogP contribution in [0.1, 0.15) is 17.8 Å². The largest absolute Gasteiger partial charge is 0.354 e. The molecular formula is C10H15BrN4O. The van der Waals surface area contributed by atoms with Crippen molar-refractivity contribution in [3.63, 3.8) is 0 Å². The molecule has 5 nitrogen and oxygen atoms in total. The molecule has 0 aliphatic carbocycles. The summed E-state index contributed by atoms with van der Waals surface area (Å²) in [6.45, 7) is 3.40. The third-order valence-electron chi connectivity index (χ3n) is 2.80. The van der Waals surface area contributed by atoms with Crippen LogP contribution in [-0.2, 0) is 18.4 Å². The number of hydrogen-bond donors (Lipinski definition) is 2. The lowest BCUT2D eigenvalue weighted by atomic mass is 10.2. The Hall–Kier alpha value is -0.880. The van der Waals surface area contributed by atoms with Crippen LogP contribution in [0.25, 0.3) is 0 Å². The number of nitrogens with zero attached hydrogens (tertiary/aromatic N) is 2. The van der Waals surface area contributed by atoms with Gasteiger partial charge < -0.3 is 10.6 Å². The van der Waals surface area contributed by atoms with Crippen molar-refractivity contribution in [3.05, 3.63) is 15.9 Å². The van der Waals surface area contributed by atoms with Gasteiger partial charge in [-0.25, -0.2) is 0 Å². The summed E-state index contributed by atoms with van der Waals surface area (Å²) in [5.41, 5.74) is 2.09. The quantitative estimate of drug-likeness (QED) is 0.849. The van der Waals surface area contributed by atoms with Crippen LogP contribution in [0, 0.1) is 6.92 Å². The molecule has 1 saturated heterocycles. The van der Waals surface area contributed by atoms with Gasteiger partial charge >= 0.3 is 0 Å². The zero-order valence-electron chi connectivity index (χ0n) is 9.38. The Morgan fingerprint density at radius 1 is 1.69 bits per heavy atom. The molecule has 1 fully saturated rings. The standard InChI is InChI=1S/C10H15BrN4O/c1-6-10(11)8(15(2)14-6)5-12-7-3-9(16)13-4-7/h7,12H,3-5H2,1-2H3,(H,13,16). The van der Waals surface area contributed by atoms with E-state index < -0.39 is 0 Å². The number of halogens is 1. The molecule has 1 aliphatic heterocycles. The van der Waals surface area contributed by atoms with Crippen molar-refractivity contribution in [2.75, 3.05) is 6.54 Å². The molecule has 16 heavy (non-hydrogen) atoms. The zero-order chi connectivity index (χ0) is 11.7. The fourth-order valence-electron chi connectivity index (χ4n) is 1.86. The number of carbonyl (C=O) groups excluding carboxylic acids is 1. The summed E-state index contributed by atoms with van der Waals surface area (Å²) >= 11 is 3.52. The molecule has 2 N–H and O–H groups in total. The van der Waals surface area contributed by atoms with Crippen LogP contribution in [0.5, 0.6) is 0 Å². The maximum absolute atomic E-state index is 11.0. The Labute approximate surface area is 103 Å². The van der Waals surface area contributed by atoms with Crippen LogP contribution in [0.4, 0.5) is 0 Å². The van der Waals surface area contributed by atoms with E-state index in [4.69, 9.17) is 0 Å². The number of nitrogens with one attached hydrogen (secondary N) is 2. The molecular weight excluding hydrogens is 272 g/mol. The molecule has 2 heterocycles. The minimum Gasteiger partial charge on any atom is -0.354 e. The first-order valence-electron chi connectivity index (χ1n) is 5.26. The lowest BCUT2D eigenvalue weighted by Crippen LogP contribution is -2.31. The number of aryl methyl sites for hydroxylation is 2. The molecule has 2 rings (SSSR count). The highest BCUT2D eigenvalue weighted by Gasteiger charge is 2.21. The molecule has 0 radical (unpaired) electrons. The van der Waals surface area contributed by atoms with E-state index in [9.17, 15) is 4.79 Å². The average molecular weight is 287 g/mol. The summed E-state index contributed by atoms with van der Waals surface area (Å²) < 4.78 is 2.90. The van der Waals surface area contributed by atoms with E-state index in [0.29, 0.717) is 13.0 Å². The van der Waals surface area contributed by atoms with E-state index in [2.05, 4.69) is 31.7 Å². The summed E-state index contributed by atoms with van der Waals surface area (Å²) in [6.07, 6.45) is 0.564. The minimum absolute atomic E-state index is 0.123. The Bertz CT molecular complexity index is 415.